The molecule has 0 unspecified atom stereocenters. The summed E-state index contributed by atoms with van der Waals surface area (Å²) in [6, 6.07) is 7.74. The summed E-state index contributed by atoms with van der Waals surface area (Å²) in [7, 11) is 0. The Kier molecular flexibility index (Phi) is 4.38. The molecule has 0 aliphatic heterocycles. The number of ether oxygens (including phenoxy) is 1. The van der Waals surface area contributed by atoms with Gasteiger partial charge in [-0.25, -0.2) is 9.97 Å². The van der Waals surface area contributed by atoms with Crippen LogP contribution >= 0.6 is 11.6 Å². The molecule has 4 heteroatoms. The molecule has 0 aliphatic rings. The molecular formula is C15H17ClN2O. The highest BCUT2D eigenvalue weighted by atomic mass is 35.5. The summed E-state index contributed by atoms with van der Waals surface area (Å²) in [5.41, 5.74) is 2.79. The molecule has 0 saturated heterocycles. The monoisotopic (exact) mass is 276 g/mol. The summed E-state index contributed by atoms with van der Waals surface area (Å²) >= 11 is 6.22. The van der Waals surface area contributed by atoms with Crippen LogP contribution in [0.15, 0.2) is 24.3 Å². The van der Waals surface area contributed by atoms with E-state index in [9.17, 15) is 0 Å². The van der Waals surface area contributed by atoms with Crippen molar-refractivity contribution in [1.82, 2.24) is 9.97 Å². The first kappa shape index (κ1) is 13.8. The van der Waals surface area contributed by atoms with Crippen molar-refractivity contribution in [3.05, 3.63) is 40.7 Å². The van der Waals surface area contributed by atoms with Crippen molar-refractivity contribution in [2.75, 3.05) is 6.61 Å². The fraction of sp³-hybridized carbons (Fsp3) is 0.333. The maximum Gasteiger partial charge on any atom is 0.164 e. The topological polar surface area (TPSA) is 35.0 Å². The first-order valence-electron chi connectivity index (χ1n) is 6.42. The summed E-state index contributed by atoms with van der Waals surface area (Å²) in [6.07, 6.45) is 0.831. The van der Waals surface area contributed by atoms with Crippen molar-refractivity contribution >= 4 is 11.6 Å². The van der Waals surface area contributed by atoms with E-state index in [-0.39, 0.29) is 0 Å². The Morgan fingerprint density at radius 3 is 2.53 bits per heavy atom. The number of rotatable bonds is 4. The van der Waals surface area contributed by atoms with E-state index in [1.807, 2.05) is 45.0 Å². The molecular weight excluding hydrogens is 260 g/mol. The van der Waals surface area contributed by atoms with Crippen LogP contribution in [-0.2, 0) is 6.42 Å². The average molecular weight is 277 g/mol. The highest BCUT2D eigenvalue weighted by molar-refractivity contribution is 6.30. The van der Waals surface area contributed by atoms with E-state index >= 15 is 0 Å². The van der Waals surface area contributed by atoms with Gasteiger partial charge in [-0.2, -0.15) is 0 Å². The van der Waals surface area contributed by atoms with Gasteiger partial charge in [0.25, 0.3) is 0 Å². The number of halogens is 1. The van der Waals surface area contributed by atoms with Crippen LogP contribution < -0.4 is 4.74 Å². The van der Waals surface area contributed by atoms with Crippen LogP contribution in [0.25, 0.3) is 11.4 Å². The molecule has 0 saturated carbocycles. The van der Waals surface area contributed by atoms with Crippen LogP contribution in [0.4, 0.5) is 0 Å². The second-order valence-electron chi connectivity index (χ2n) is 4.18. The third kappa shape index (κ3) is 2.87. The van der Waals surface area contributed by atoms with Gasteiger partial charge in [0, 0.05) is 11.3 Å². The molecule has 0 bridgehead atoms. The van der Waals surface area contributed by atoms with E-state index in [1.54, 1.807) is 0 Å². The smallest absolute Gasteiger partial charge is 0.164 e. The van der Waals surface area contributed by atoms with E-state index in [0.717, 1.165) is 29.0 Å². The highest BCUT2D eigenvalue weighted by Gasteiger charge is 2.13. The van der Waals surface area contributed by atoms with Gasteiger partial charge in [0.1, 0.15) is 10.9 Å². The maximum atomic E-state index is 6.22. The molecule has 19 heavy (non-hydrogen) atoms. The number of benzene rings is 1. The van der Waals surface area contributed by atoms with Crippen LogP contribution in [0.1, 0.15) is 25.1 Å². The number of nitrogens with zero attached hydrogens (tertiary/aromatic N) is 2. The molecule has 2 aromatic rings. The van der Waals surface area contributed by atoms with Crippen LogP contribution in [0.5, 0.6) is 5.75 Å². The predicted molar refractivity (Wildman–Crippen MR) is 77.8 cm³/mol. The zero-order chi connectivity index (χ0) is 13.8. The SMILES string of the molecule is CCOc1ccccc1-c1nc(C)c(CC)c(Cl)n1. The fourth-order valence-corrected chi connectivity index (χ4v) is 2.37. The normalized spacial score (nSPS) is 10.5. The van der Waals surface area contributed by atoms with Crippen molar-refractivity contribution in [3.8, 4) is 17.1 Å². The van der Waals surface area contributed by atoms with Gasteiger partial charge in [-0.1, -0.05) is 30.7 Å². The third-order valence-corrected chi connectivity index (χ3v) is 3.26. The van der Waals surface area contributed by atoms with Gasteiger partial charge < -0.3 is 4.74 Å². The highest BCUT2D eigenvalue weighted by Crippen LogP contribution is 2.29. The van der Waals surface area contributed by atoms with Crippen molar-refractivity contribution < 1.29 is 4.74 Å². The van der Waals surface area contributed by atoms with Gasteiger partial charge in [0.15, 0.2) is 5.82 Å². The molecule has 1 aromatic heterocycles. The predicted octanol–water partition coefficient (Wildman–Crippen LogP) is 4.07. The maximum absolute atomic E-state index is 6.22. The fourth-order valence-electron chi connectivity index (χ4n) is 2.02. The summed E-state index contributed by atoms with van der Waals surface area (Å²) < 4.78 is 5.60. The number of hydrogen-bond acceptors (Lipinski definition) is 3. The second-order valence-corrected chi connectivity index (χ2v) is 4.54. The molecule has 0 aliphatic carbocycles. The molecule has 0 radical (unpaired) electrons. The Hall–Kier alpha value is -1.61. The Balaban J connectivity index is 2.53. The van der Waals surface area contributed by atoms with Crippen molar-refractivity contribution in [2.24, 2.45) is 0 Å². The minimum atomic E-state index is 0.524. The zero-order valence-corrected chi connectivity index (χ0v) is 12.2. The lowest BCUT2D eigenvalue weighted by Gasteiger charge is -2.11. The van der Waals surface area contributed by atoms with Gasteiger partial charge in [0.05, 0.1) is 12.2 Å². The Bertz CT molecular complexity index is 561. The lowest BCUT2D eigenvalue weighted by molar-refractivity contribution is 0.341. The van der Waals surface area contributed by atoms with Gasteiger partial charge in [-0.05, 0) is 32.4 Å². The molecule has 100 valence electrons. The summed E-state index contributed by atoms with van der Waals surface area (Å²) in [4.78, 5) is 8.93. The molecule has 0 atom stereocenters. The minimum absolute atomic E-state index is 0.524. The van der Waals surface area contributed by atoms with Crippen LogP contribution in [0.2, 0.25) is 5.15 Å². The standard InChI is InChI=1S/C15H17ClN2O/c1-4-11-10(3)17-15(18-14(11)16)12-8-6-7-9-13(12)19-5-2/h6-9H,4-5H2,1-3H3. The van der Waals surface area contributed by atoms with E-state index in [4.69, 9.17) is 16.3 Å². The number of hydrogen-bond donors (Lipinski definition) is 0. The zero-order valence-electron chi connectivity index (χ0n) is 11.4. The van der Waals surface area contributed by atoms with Gasteiger partial charge in [-0.3, -0.25) is 0 Å². The first-order chi connectivity index (χ1) is 9.17. The molecule has 0 amide bonds. The number of aryl methyl sites for hydroxylation is 1. The first-order valence-corrected chi connectivity index (χ1v) is 6.80. The lowest BCUT2D eigenvalue weighted by Crippen LogP contribution is -2.01. The van der Waals surface area contributed by atoms with E-state index < -0.39 is 0 Å². The van der Waals surface area contributed by atoms with E-state index in [2.05, 4.69) is 9.97 Å². The molecule has 0 N–H and O–H groups in total. The second kappa shape index (κ2) is 6.02. The van der Waals surface area contributed by atoms with Gasteiger partial charge in [-0.15, -0.1) is 0 Å². The third-order valence-electron chi connectivity index (χ3n) is 2.94. The van der Waals surface area contributed by atoms with Crippen LogP contribution in [0, 0.1) is 6.92 Å². The Labute approximate surface area is 118 Å². The van der Waals surface area contributed by atoms with Gasteiger partial charge in [0.2, 0.25) is 0 Å². The number of para-hydroxylation sites is 1. The summed E-state index contributed by atoms with van der Waals surface area (Å²) in [6.45, 7) is 6.57. The van der Waals surface area contributed by atoms with Crippen molar-refractivity contribution in [1.29, 1.82) is 0 Å². The number of aromatic nitrogens is 2. The molecule has 3 nitrogen and oxygen atoms in total. The minimum Gasteiger partial charge on any atom is -0.493 e. The van der Waals surface area contributed by atoms with E-state index in [1.165, 1.54) is 0 Å². The summed E-state index contributed by atoms with van der Waals surface area (Å²) in [5, 5.41) is 0.524. The molecule has 1 heterocycles. The van der Waals surface area contributed by atoms with Crippen molar-refractivity contribution in [2.45, 2.75) is 27.2 Å². The molecule has 0 spiro atoms. The van der Waals surface area contributed by atoms with Crippen LogP contribution in [0.3, 0.4) is 0 Å². The van der Waals surface area contributed by atoms with Crippen LogP contribution in [-0.4, -0.2) is 16.6 Å². The average Bonchev–Trinajstić information content (AvgIpc) is 2.39. The largest absolute Gasteiger partial charge is 0.493 e. The molecule has 0 fully saturated rings. The van der Waals surface area contributed by atoms with Gasteiger partial charge >= 0.3 is 0 Å². The lowest BCUT2D eigenvalue weighted by atomic mass is 10.1. The van der Waals surface area contributed by atoms with Crippen molar-refractivity contribution in [3.63, 3.8) is 0 Å². The summed E-state index contributed by atoms with van der Waals surface area (Å²) in [5.74, 6) is 1.40. The Morgan fingerprint density at radius 2 is 1.89 bits per heavy atom. The quantitative estimate of drug-likeness (QED) is 0.790. The Morgan fingerprint density at radius 1 is 1.16 bits per heavy atom. The molecule has 2 rings (SSSR count). The van der Waals surface area contributed by atoms with E-state index in [0.29, 0.717) is 17.6 Å². The molecule has 1 aromatic carbocycles.